The van der Waals surface area contributed by atoms with Crippen molar-refractivity contribution in [2.45, 2.75) is 26.3 Å². The number of hydrogen-bond acceptors (Lipinski definition) is 4. The summed E-state index contributed by atoms with van der Waals surface area (Å²) in [4.78, 5) is 11.8. The molecule has 0 aliphatic carbocycles. The van der Waals surface area contributed by atoms with Crippen LogP contribution in [0, 0.1) is 17.0 Å². The van der Waals surface area contributed by atoms with Crippen molar-refractivity contribution in [1.29, 1.82) is 0 Å². The average molecular weight is 355 g/mol. The fourth-order valence-electron chi connectivity index (χ4n) is 2.03. The van der Waals surface area contributed by atoms with Crippen LogP contribution in [0.1, 0.15) is 17.4 Å². The third kappa shape index (κ3) is 3.58. The maximum absolute atomic E-state index is 10.9. The van der Waals surface area contributed by atoms with Crippen LogP contribution >= 0.6 is 27.3 Å². The van der Waals surface area contributed by atoms with Gasteiger partial charge in [0.1, 0.15) is 0 Å². The maximum atomic E-state index is 10.9. The van der Waals surface area contributed by atoms with E-state index in [1.807, 2.05) is 12.1 Å². The second kappa shape index (κ2) is 6.37. The van der Waals surface area contributed by atoms with Crippen LogP contribution in [0.25, 0.3) is 0 Å². The lowest BCUT2D eigenvalue weighted by molar-refractivity contribution is -0.385. The zero-order valence-corrected chi connectivity index (χ0v) is 13.6. The zero-order chi connectivity index (χ0) is 14.7. The monoisotopic (exact) mass is 354 g/mol. The summed E-state index contributed by atoms with van der Waals surface area (Å²) in [5.74, 6) is 0. The molecule has 0 saturated carbocycles. The molecule has 0 amide bonds. The molecule has 0 bridgehead atoms. The molecule has 4 nitrogen and oxygen atoms in total. The highest BCUT2D eigenvalue weighted by molar-refractivity contribution is 9.10. The predicted molar refractivity (Wildman–Crippen MR) is 86.6 cm³/mol. The van der Waals surface area contributed by atoms with Gasteiger partial charge in [-0.1, -0.05) is 6.07 Å². The number of hydrogen-bond donors (Lipinski definition) is 1. The summed E-state index contributed by atoms with van der Waals surface area (Å²) in [5, 5.41) is 16.3. The van der Waals surface area contributed by atoms with Gasteiger partial charge in [0.15, 0.2) is 0 Å². The summed E-state index contributed by atoms with van der Waals surface area (Å²) in [6.07, 6.45) is 0.931. The van der Waals surface area contributed by atoms with Gasteiger partial charge in [-0.15, -0.1) is 11.3 Å². The predicted octanol–water partition coefficient (Wildman–Crippen LogP) is 4.77. The summed E-state index contributed by atoms with van der Waals surface area (Å²) < 4.78 is 0.716. The number of benzene rings is 1. The van der Waals surface area contributed by atoms with E-state index in [4.69, 9.17) is 0 Å². The van der Waals surface area contributed by atoms with Crippen molar-refractivity contribution < 1.29 is 4.92 Å². The maximum Gasteiger partial charge on any atom is 0.273 e. The SMILES string of the molecule is Cc1cc(NC(C)Cc2cccs2)c(Br)cc1[N+](=O)[O-]. The van der Waals surface area contributed by atoms with Crippen molar-refractivity contribution in [3.8, 4) is 0 Å². The molecule has 2 rings (SSSR count). The van der Waals surface area contributed by atoms with Crippen molar-refractivity contribution in [2.24, 2.45) is 0 Å². The van der Waals surface area contributed by atoms with Crippen molar-refractivity contribution in [1.82, 2.24) is 0 Å². The second-order valence-corrected chi connectivity index (χ2v) is 6.59. The molecule has 0 aliphatic rings. The molecule has 0 saturated heterocycles. The average Bonchev–Trinajstić information content (AvgIpc) is 2.85. The lowest BCUT2D eigenvalue weighted by atomic mass is 10.1. The van der Waals surface area contributed by atoms with Crippen LogP contribution < -0.4 is 5.32 Å². The minimum atomic E-state index is -0.362. The van der Waals surface area contributed by atoms with E-state index in [-0.39, 0.29) is 16.7 Å². The minimum Gasteiger partial charge on any atom is -0.381 e. The summed E-state index contributed by atoms with van der Waals surface area (Å²) in [5.41, 5.74) is 1.68. The highest BCUT2D eigenvalue weighted by Crippen LogP contribution is 2.31. The smallest absolute Gasteiger partial charge is 0.273 e. The fourth-order valence-corrected chi connectivity index (χ4v) is 3.31. The molecule has 1 aromatic heterocycles. The second-order valence-electron chi connectivity index (χ2n) is 4.70. The Bertz CT molecular complexity index is 614. The molecule has 2 aromatic rings. The number of rotatable bonds is 5. The number of nitro groups is 1. The van der Waals surface area contributed by atoms with Crippen molar-refractivity contribution in [3.05, 3.63) is 54.7 Å². The molecule has 1 N–H and O–H groups in total. The molecule has 6 heteroatoms. The molecule has 0 fully saturated rings. The molecule has 1 unspecified atom stereocenters. The first-order valence-electron chi connectivity index (χ1n) is 6.21. The minimum absolute atomic E-state index is 0.133. The van der Waals surface area contributed by atoms with Gasteiger partial charge in [-0.3, -0.25) is 10.1 Å². The van der Waals surface area contributed by atoms with E-state index in [0.29, 0.717) is 10.0 Å². The Morgan fingerprint density at radius 2 is 2.25 bits per heavy atom. The van der Waals surface area contributed by atoms with Gasteiger partial charge in [0.25, 0.3) is 5.69 Å². The van der Waals surface area contributed by atoms with Crippen molar-refractivity contribution in [2.75, 3.05) is 5.32 Å². The van der Waals surface area contributed by atoms with E-state index in [9.17, 15) is 10.1 Å². The summed E-state index contributed by atoms with van der Waals surface area (Å²) in [6.45, 7) is 3.85. The van der Waals surface area contributed by atoms with Gasteiger partial charge in [0, 0.05) is 39.1 Å². The highest BCUT2D eigenvalue weighted by Gasteiger charge is 2.15. The molecule has 1 heterocycles. The lowest BCUT2D eigenvalue weighted by Gasteiger charge is -2.16. The van der Waals surface area contributed by atoms with Gasteiger partial charge < -0.3 is 5.32 Å². The van der Waals surface area contributed by atoms with Crippen LogP contribution in [0.5, 0.6) is 0 Å². The third-order valence-corrected chi connectivity index (χ3v) is 4.53. The van der Waals surface area contributed by atoms with Gasteiger partial charge in [-0.05, 0) is 47.3 Å². The van der Waals surface area contributed by atoms with Gasteiger partial charge in [0.2, 0.25) is 0 Å². The molecule has 1 atom stereocenters. The first-order valence-corrected chi connectivity index (χ1v) is 7.88. The summed E-state index contributed by atoms with van der Waals surface area (Å²) >= 11 is 5.13. The Morgan fingerprint density at radius 1 is 1.50 bits per heavy atom. The molecule has 0 aliphatic heterocycles. The topological polar surface area (TPSA) is 55.2 Å². The molecule has 1 aromatic carbocycles. The first-order chi connectivity index (χ1) is 9.47. The van der Waals surface area contributed by atoms with Gasteiger partial charge in [-0.25, -0.2) is 0 Å². The number of nitrogens with one attached hydrogen (secondary N) is 1. The van der Waals surface area contributed by atoms with Crippen LogP contribution in [0.3, 0.4) is 0 Å². The van der Waals surface area contributed by atoms with E-state index in [0.717, 1.165) is 12.1 Å². The quantitative estimate of drug-likeness (QED) is 0.621. The molecular formula is C14H15BrN2O2S. The van der Waals surface area contributed by atoms with E-state index in [1.54, 1.807) is 24.3 Å². The van der Waals surface area contributed by atoms with E-state index in [1.165, 1.54) is 4.88 Å². The fraction of sp³-hybridized carbons (Fsp3) is 0.286. The van der Waals surface area contributed by atoms with Crippen LogP contribution in [-0.2, 0) is 6.42 Å². The van der Waals surface area contributed by atoms with Gasteiger partial charge >= 0.3 is 0 Å². The molecule has 0 spiro atoms. The van der Waals surface area contributed by atoms with Gasteiger partial charge in [0.05, 0.1) is 4.92 Å². The molecular weight excluding hydrogens is 340 g/mol. The van der Waals surface area contributed by atoms with Crippen molar-refractivity contribution in [3.63, 3.8) is 0 Å². The Morgan fingerprint density at radius 3 is 2.85 bits per heavy atom. The molecule has 20 heavy (non-hydrogen) atoms. The van der Waals surface area contributed by atoms with Crippen LogP contribution in [0.2, 0.25) is 0 Å². The standard InChI is InChI=1S/C14H15BrN2O2S/c1-9-6-13(12(15)8-14(9)17(18)19)16-10(2)7-11-4-3-5-20-11/h3-6,8,10,16H,7H2,1-2H3. The van der Waals surface area contributed by atoms with Crippen LogP contribution in [0.4, 0.5) is 11.4 Å². The number of anilines is 1. The Balaban J connectivity index is 2.13. The number of halogens is 1. The summed E-state index contributed by atoms with van der Waals surface area (Å²) in [7, 11) is 0. The largest absolute Gasteiger partial charge is 0.381 e. The van der Waals surface area contributed by atoms with Crippen molar-refractivity contribution >= 4 is 38.6 Å². The number of thiophene rings is 1. The Kier molecular flexibility index (Phi) is 4.77. The highest BCUT2D eigenvalue weighted by atomic mass is 79.9. The van der Waals surface area contributed by atoms with E-state index < -0.39 is 0 Å². The van der Waals surface area contributed by atoms with Crippen LogP contribution in [-0.4, -0.2) is 11.0 Å². The normalized spacial score (nSPS) is 12.2. The number of nitro benzene ring substituents is 1. The number of nitrogens with zero attached hydrogens (tertiary/aromatic N) is 1. The first kappa shape index (κ1) is 15.0. The Hall–Kier alpha value is -1.40. The van der Waals surface area contributed by atoms with E-state index >= 15 is 0 Å². The Labute approximate surface area is 130 Å². The molecule has 0 radical (unpaired) electrons. The van der Waals surface area contributed by atoms with E-state index in [2.05, 4.69) is 39.6 Å². The lowest BCUT2D eigenvalue weighted by Crippen LogP contribution is -2.18. The zero-order valence-electron chi connectivity index (χ0n) is 11.2. The summed E-state index contributed by atoms with van der Waals surface area (Å²) in [6, 6.07) is 7.77. The number of aryl methyl sites for hydroxylation is 1. The third-order valence-electron chi connectivity index (χ3n) is 2.97. The van der Waals surface area contributed by atoms with Gasteiger partial charge in [-0.2, -0.15) is 0 Å². The van der Waals surface area contributed by atoms with Crippen LogP contribution in [0.15, 0.2) is 34.1 Å². The molecule has 106 valence electrons.